The van der Waals surface area contributed by atoms with Crippen molar-refractivity contribution in [1.82, 2.24) is 5.32 Å². The van der Waals surface area contributed by atoms with Crippen molar-refractivity contribution in [2.75, 3.05) is 13.2 Å². The second-order valence-corrected chi connectivity index (χ2v) is 4.26. The molecule has 0 heterocycles. The lowest BCUT2D eigenvalue weighted by atomic mass is 10.1. The molecule has 17 heavy (non-hydrogen) atoms. The molecule has 0 aromatic heterocycles. The maximum atomic E-state index is 11.7. The van der Waals surface area contributed by atoms with Crippen LogP contribution in [-0.2, 0) is 4.79 Å². The summed E-state index contributed by atoms with van der Waals surface area (Å²) in [6.07, 6.45) is 0.389. The van der Waals surface area contributed by atoms with Gasteiger partial charge in [0.1, 0.15) is 0 Å². The monoisotopic (exact) mass is 236 g/mol. The Kier molecular flexibility index (Phi) is 5.66. The highest BCUT2D eigenvalue weighted by atomic mass is 16.3. The molecule has 0 saturated carbocycles. The van der Waals surface area contributed by atoms with Crippen LogP contribution >= 0.6 is 0 Å². The first-order valence-electron chi connectivity index (χ1n) is 5.82. The van der Waals surface area contributed by atoms with E-state index >= 15 is 0 Å². The van der Waals surface area contributed by atoms with Crippen LogP contribution in [0.3, 0.4) is 0 Å². The van der Waals surface area contributed by atoms with E-state index in [4.69, 9.17) is 5.73 Å². The number of hydrogen-bond donors (Lipinski definition) is 3. The van der Waals surface area contributed by atoms with E-state index in [9.17, 15) is 9.90 Å². The van der Waals surface area contributed by atoms with Gasteiger partial charge in [0.05, 0.1) is 12.6 Å². The molecule has 1 amide bonds. The van der Waals surface area contributed by atoms with Crippen LogP contribution in [0.25, 0.3) is 0 Å². The number of carbonyl (C=O) groups excluding carboxylic acids is 1. The molecule has 4 heteroatoms. The van der Waals surface area contributed by atoms with Crippen molar-refractivity contribution in [1.29, 1.82) is 0 Å². The summed E-state index contributed by atoms with van der Waals surface area (Å²) in [5, 5.41) is 12.1. The normalized spacial score (nSPS) is 14.1. The SMILES string of the molecule is CC(CN)CC(=O)N[C@H](CO)c1ccccc1. The van der Waals surface area contributed by atoms with E-state index in [1.165, 1.54) is 0 Å². The zero-order valence-electron chi connectivity index (χ0n) is 10.1. The van der Waals surface area contributed by atoms with Crippen molar-refractivity contribution in [3.05, 3.63) is 35.9 Å². The van der Waals surface area contributed by atoms with Crippen molar-refractivity contribution in [2.45, 2.75) is 19.4 Å². The minimum absolute atomic E-state index is 0.0779. The van der Waals surface area contributed by atoms with E-state index in [-0.39, 0.29) is 24.5 Å². The minimum Gasteiger partial charge on any atom is -0.394 e. The summed E-state index contributed by atoms with van der Waals surface area (Å²) in [5.41, 5.74) is 6.37. The molecule has 0 spiro atoms. The molecule has 94 valence electrons. The number of nitrogens with one attached hydrogen (secondary N) is 1. The largest absolute Gasteiger partial charge is 0.394 e. The third-order valence-electron chi connectivity index (χ3n) is 2.66. The lowest BCUT2D eigenvalue weighted by Gasteiger charge is -2.17. The topological polar surface area (TPSA) is 75.4 Å². The molecule has 0 radical (unpaired) electrons. The van der Waals surface area contributed by atoms with Crippen LogP contribution in [0.15, 0.2) is 30.3 Å². The van der Waals surface area contributed by atoms with Crippen molar-refractivity contribution in [3.63, 3.8) is 0 Å². The number of amides is 1. The van der Waals surface area contributed by atoms with Gasteiger partial charge in [-0.3, -0.25) is 4.79 Å². The van der Waals surface area contributed by atoms with Gasteiger partial charge in [0, 0.05) is 6.42 Å². The van der Waals surface area contributed by atoms with E-state index in [1.807, 2.05) is 37.3 Å². The number of aliphatic hydroxyl groups excluding tert-OH is 1. The number of aliphatic hydroxyl groups is 1. The molecule has 1 rings (SSSR count). The van der Waals surface area contributed by atoms with Crippen molar-refractivity contribution < 1.29 is 9.90 Å². The molecule has 4 nitrogen and oxygen atoms in total. The number of carbonyl (C=O) groups is 1. The molecule has 1 aromatic rings. The van der Waals surface area contributed by atoms with E-state index in [2.05, 4.69) is 5.32 Å². The number of hydrogen-bond acceptors (Lipinski definition) is 3. The Hall–Kier alpha value is -1.39. The fourth-order valence-electron chi connectivity index (χ4n) is 1.57. The van der Waals surface area contributed by atoms with Gasteiger partial charge in [-0.1, -0.05) is 37.3 Å². The minimum atomic E-state index is -0.339. The van der Waals surface area contributed by atoms with Gasteiger partial charge in [-0.05, 0) is 18.0 Å². The molecule has 0 aliphatic carbocycles. The Bertz CT molecular complexity index is 341. The smallest absolute Gasteiger partial charge is 0.220 e. The first-order valence-corrected chi connectivity index (χ1v) is 5.82. The fourth-order valence-corrected chi connectivity index (χ4v) is 1.57. The quantitative estimate of drug-likeness (QED) is 0.684. The van der Waals surface area contributed by atoms with Crippen molar-refractivity contribution >= 4 is 5.91 Å². The second-order valence-electron chi connectivity index (χ2n) is 4.26. The molecule has 0 aliphatic rings. The maximum absolute atomic E-state index is 11.7. The number of nitrogens with two attached hydrogens (primary N) is 1. The lowest BCUT2D eigenvalue weighted by molar-refractivity contribution is -0.122. The van der Waals surface area contributed by atoms with Gasteiger partial charge in [0.15, 0.2) is 0 Å². The molecule has 4 N–H and O–H groups in total. The van der Waals surface area contributed by atoms with Gasteiger partial charge in [-0.2, -0.15) is 0 Å². The Balaban J connectivity index is 2.56. The zero-order chi connectivity index (χ0) is 12.7. The predicted octanol–water partition coefficient (Wildman–Crippen LogP) is 0.821. The molecule has 1 aromatic carbocycles. The van der Waals surface area contributed by atoms with Crippen molar-refractivity contribution in [3.8, 4) is 0 Å². The fraction of sp³-hybridized carbons (Fsp3) is 0.462. The highest BCUT2D eigenvalue weighted by Crippen LogP contribution is 2.12. The van der Waals surface area contributed by atoms with Gasteiger partial charge < -0.3 is 16.2 Å². The number of benzene rings is 1. The lowest BCUT2D eigenvalue weighted by Crippen LogP contribution is -2.32. The molecule has 0 fully saturated rings. The van der Waals surface area contributed by atoms with Crippen LogP contribution in [0, 0.1) is 5.92 Å². The average Bonchev–Trinajstić information content (AvgIpc) is 2.36. The molecular weight excluding hydrogens is 216 g/mol. The van der Waals surface area contributed by atoms with Crippen LogP contribution in [0.2, 0.25) is 0 Å². The number of rotatable bonds is 6. The summed E-state index contributed by atoms with van der Waals surface area (Å²) in [5.74, 6) is 0.0796. The Morgan fingerprint density at radius 1 is 1.41 bits per heavy atom. The summed E-state index contributed by atoms with van der Waals surface area (Å²) in [4.78, 5) is 11.7. The average molecular weight is 236 g/mol. The third-order valence-corrected chi connectivity index (χ3v) is 2.66. The second kappa shape index (κ2) is 7.04. The van der Waals surface area contributed by atoms with E-state index in [1.54, 1.807) is 0 Å². The molecule has 0 bridgehead atoms. The first kappa shape index (κ1) is 13.7. The van der Waals surface area contributed by atoms with Crippen LogP contribution < -0.4 is 11.1 Å². The van der Waals surface area contributed by atoms with Crippen LogP contribution in [0.4, 0.5) is 0 Å². The van der Waals surface area contributed by atoms with Crippen LogP contribution in [0.5, 0.6) is 0 Å². The van der Waals surface area contributed by atoms with Gasteiger partial charge in [-0.15, -0.1) is 0 Å². The van der Waals surface area contributed by atoms with Gasteiger partial charge >= 0.3 is 0 Å². The Labute approximate surface area is 102 Å². The summed E-state index contributed by atoms with van der Waals surface area (Å²) in [6.45, 7) is 2.31. The van der Waals surface area contributed by atoms with Gasteiger partial charge in [-0.25, -0.2) is 0 Å². The van der Waals surface area contributed by atoms with Crippen LogP contribution in [-0.4, -0.2) is 24.2 Å². The summed E-state index contributed by atoms with van der Waals surface area (Å²) < 4.78 is 0. The van der Waals surface area contributed by atoms with Gasteiger partial charge in [0.2, 0.25) is 5.91 Å². The standard InChI is InChI=1S/C13H20N2O2/c1-10(8-14)7-13(17)15-12(9-16)11-5-3-2-4-6-11/h2-6,10,12,16H,7-9,14H2,1H3,(H,15,17)/t10?,12-/m1/s1. The third kappa shape index (κ3) is 4.54. The highest BCUT2D eigenvalue weighted by Gasteiger charge is 2.14. The molecule has 0 aliphatic heterocycles. The summed E-state index contributed by atoms with van der Waals surface area (Å²) >= 11 is 0. The summed E-state index contributed by atoms with van der Waals surface area (Å²) in [6, 6.07) is 9.09. The van der Waals surface area contributed by atoms with E-state index in [0.29, 0.717) is 13.0 Å². The van der Waals surface area contributed by atoms with Crippen molar-refractivity contribution in [2.24, 2.45) is 11.7 Å². The Morgan fingerprint density at radius 2 is 2.06 bits per heavy atom. The molecule has 1 unspecified atom stereocenters. The highest BCUT2D eigenvalue weighted by molar-refractivity contribution is 5.76. The van der Waals surface area contributed by atoms with Crippen LogP contribution in [0.1, 0.15) is 24.9 Å². The van der Waals surface area contributed by atoms with E-state index < -0.39 is 0 Å². The first-order chi connectivity index (χ1) is 8.17. The van der Waals surface area contributed by atoms with E-state index in [0.717, 1.165) is 5.56 Å². The van der Waals surface area contributed by atoms with Gasteiger partial charge in [0.25, 0.3) is 0 Å². The Morgan fingerprint density at radius 3 is 2.59 bits per heavy atom. The molecular formula is C13H20N2O2. The predicted molar refractivity (Wildman–Crippen MR) is 67.2 cm³/mol. The zero-order valence-corrected chi connectivity index (χ0v) is 10.1. The maximum Gasteiger partial charge on any atom is 0.220 e. The summed E-state index contributed by atoms with van der Waals surface area (Å²) in [7, 11) is 0. The molecule has 0 saturated heterocycles. The molecule has 2 atom stereocenters.